The number of anilines is 1. The van der Waals surface area contributed by atoms with Crippen molar-refractivity contribution in [3.63, 3.8) is 0 Å². The Morgan fingerprint density at radius 2 is 2.00 bits per heavy atom. The molecule has 19 heavy (non-hydrogen) atoms. The first-order valence-electron chi connectivity index (χ1n) is 7.10. The van der Waals surface area contributed by atoms with Crippen LogP contribution in [-0.2, 0) is 4.79 Å². The molecule has 1 amide bonds. The quantitative estimate of drug-likeness (QED) is 0.875. The highest BCUT2D eigenvalue weighted by Gasteiger charge is 2.24. The maximum atomic E-state index is 11.9. The van der Waals surface area contributed by atoms with Gasteiger partial charge < -0.3 is 11.1 Å². The number of rotatable bonds is 4. The molecule has 0 unspecified atom stereocenters. The lowest BCUT2D eigenvalue weighted by molar-refractivity contribution is -0.117. The Hall–Kier alpha value is -1.42. The zero-order valence-electron chi connectivity index (χ0n) is 11.5. The van der Waals surface area contributed by atoms with Gasteiger partial charge >= 0.3 is 0 Å². The lowest BCUT2D eigenvalue weighted by Crippen LogP contribution is -2.31. The van der Waals surface area contributed by atoms with Crippen molar-refractivity contribution in [2.24, 2.45) is 17.6 Å². The average molecular weight is 261 g/mol. The second-order valence-corrected chi connectivity index (χ2v) is 5.63. The van der Waals surface area contributed by atoms with Crippen LogP contribution in [0.25, 0.3) is 0 Å². The van der Waals surface area contributed by atoms with Crippen LogP contribution in [-0.4, -0.2) is 16.9 Å². The fourth-order valence-corrected chi connectivity index (χ4v) is 2.83. The van der Waals surface area contributed by atoms with E-state index in [1.807, 2.05) is 12.1 Å². The van der Waals surface area contributed by atoms with Gasteiger partial charge in [0.1, 0.15) is 0 Å². The van der Waals surface area contributed by atoms with Crippen LogP contribution in [0.2, 0.25) is 0 Å². The number of nitrogens with two attached hydrogens (primary N) is 1. The molecule has 0 saturated heterocycles. The first-order valence-corrected chi connectivity index (χ1v) is 7.10. The van der Waals surface area contributed by atoms with Gasteiger partial charge in [-0.3, -0.25) is 9.78 Å². The second-order valence-electron chi connectivity index (χ2n) is 5.63. The first kappa shape index (κ1) is 14.0. The molecule has 4 nitrogen and oxygen atoms in total. The van der Waals surface area contributed by atoms with Crippen molar-refractivity contribution < 1.29 is 4.79 Å². The van der Waals surface area contributed by atoms with Crippen LogP contribution >= 0.6 is 0 Å². The largest absolute Gasteiger partial charge is 0.328 e. The Morgan fingerprint density at radius 3 is 2.58 bits per heavy atom. The first-order chi connectivity index (χ1) is 9.15. The normalized spacial score (nSPS) is 24.7. The Labute approximate surface area is 114 Å². The van der Waals surface area contributed by atoms with Gasteiger partial charge in [-0.15, -0.1) is 0 Å². The summed E-state index contributed by atoms with van der Waals surface area (Å²) in [4.78, 5) is 15.9. The molecule has 1 heterocycles. The van der Waals surface area contributed by atoms with Crippen molar-refractivity contribution in [2.75, 3.05) is 5.32 Å². The summed E-state index contributed by atoms with van der Waals surface area (Å²) in [7, 11) is 0. The van der Waals surface area contributed by atoms with E-state index in [0.29, 0.717) is 18.3 Å². The van der Waals surface area contributed by atoms with Crippen LogP contribution in [0.15, 0.2) is 24.5 Å². The summed E-state index contributed by atoms with van der Waals surface area (Å²) in [6.45, 7) is 2.08. The molecule has 0 radical (unpaired) electrons. The molecule has 1 aliphatic rings. The topological polar surface area (TPSA) is 68.0 Å². The zero-order valence-corrected chi connectivity index (χ0v) is 11.5. The van der Waals surface area contributed by atoms with Crippen LogP contribution in [0.5, 0.6) is 0 Å². The highest BCUT2D eigenvalue weighted by molar-refractivity contribution is 5.90. The molecule has 1 aliphatic carbocycles. The van der Waals surface area contributed by atoms with E-state index in [1.54, 1.807) is 12.4 Å². The summed E-state index contributed by atoms with van der Waals surface area (Å²) >= 11 is 0. The van der Waals surface area contributed by atoms with Crippen molar-refractivity contribution in [1.82, 2.24) is 4.98 Å². The third kappa shape index (κ3) is 4.31. The average Bonchev–Trinajstić information content (AvgIpc) is 2.40. The molecule has 0 aliphatic heterocycles. The van der Waals surface area contributed by atoms with E-state index in [0.717, 1.165) is 31.4 Å². The van der Waals surface area contributed by atoms with Crippen LogP contribution in [0.4, 0.5) is 5.69 Å². The number of hydrogen-bond acceptors (Lipinski definition) is 3. The molecule has 1 saturated carbocycles. The fourth-order valence-electron chi connectivity index (χ4n) is 2.83. The third-order valence-corrected chi connectivity index (χ3v) is 4.07. The van der Waals surface area contributed by atoms with E-state index in [1.165, 1.54) is 0 Å². The van der Waals surface area contributed by atoms with E-state index in [-0.39, 0.29) is 11.9 Å². The Balaban J connectivity index is 1.75. The number of hydrogen-bond donors (Lipinski definition) is 2. The van der Waals surface area contributed by atoms with E-state index in [4.69, 9.17) is 5.73 Å². The summed E-state index contributed by atoms with van der Waals surface area (Å²) in [5, 5.41) is 2.92. The second kappa shape index (κ2) is 6.66. The highest BCUT2D eigenvalue weighted by atomic mass is 16.1. The Bertz CT molecular complexity index is 397. The third-order valence-electron chi connectivity index (χ3n) is 4.07. The number of aromatic nitrogens is 1. The maximum absolute atomic E-state index is 11.9. The predicted molar refractivity (Wildman–Crippen MR) is 76.6 cm³/mol. The summed E-state index contributed by atoms with van der Waals surface area (Å²) in [6.07, 6.45) is 8.54. The molecule has 1 aromatic heterocycles. The van der Waals surface area contributed by atoms with E-state index < -0.39 is 0 Å². The van der Waals surface area contributed by atoms with Crippen molar-refractivity contribution in [3.8, 4) is 0 Å². The number of nitrogens with zero attached hydrogens (tertiary/aromatic N) is 1. The smallest absolute Gasteiger partial charge is 0.224 e. The minimum absolute atomic E-state index is 0.107. The summed E-state index contributed by atoms with van der Waals surface area (Å²) in [5.74, 6) is 1.26. The van der Waals surface area contributed by atoms with Crippen LogP contribution < -0.4 is 11.1 Å². The summed E-state index contributed by atoms with van der Waals surface area (Å²) in [6, 6.07) is 3.90. The van der Waals surface area contributed by atoms with Gasteiger partial charge in [-0.25, -0.2) is 0 Å². The molecular formula is C15H23N3O. The van der Waals surface area contributed by atoms with Gasteiger partial charge in [0, 0.05) is 30.5 Å². The predicted octanol–water partition coefficient (Wildman–Crippen LogP) is 2.56. The minimum Gasteiger partial charge on any atom is -0.328 e. The molecule has 1 aromatic rings. The van der Waals surface area contributed by atoms with Crippen molar-refractivity contribution >= 4 is 11.6 Å². The number of nitrogens with one attached hydrogen (secondary N) is 1. The van der Waals surface area contributed by atoms with Crippen molar-refractivity contribution in [1.29, 1.82) is 0 Å². The lowest BCUT2D eigenvalue weighted by atomic mass is 9.78. The van der Waals surface area contributed by atoms with E-state index >= 15 is 0 Å². The molecule has 0 spiro atoms. The van der Waals surface area contributed by atoms with E-state index in [2.05, 4.69) is 17.2 Å². The molecule has 4 heteroatoms. The molecular weight excluding hydrogens is 238 g/mol. The molecule has 0 aromatic carbocycles. The van der Waals surface area contributed by atoms with Crippen molar-refractivity contribution in [3.05, 3.63) is 24.5 Å². The van der Waals surface area contributed by atoms with Crippen molar-refractivity contribution in [2.45, 2.75) is 45.1 Å². The monoisotopic (exact) mass is 261 g/mol. The fraction of sp³-hybridized carbons (Fsp3) is 0.600. The maximum Gasteiger partial charge on any atom is 0.224 e. The molecule has 0 bridgehead atoms. The van der Waals surface area contributed by atoms with Gasteiger partial charge in [0.2, 0.25) is 5.91 Å². The number of amides is 1. The van der Waals surface area contributed by atoms with Crippen LogP contribution in [0.3, 0.4) is 0 Å². The number of carbonyl (C=O) groups is 1. The van der Waals surface area contributed by atoms with Gasteiger partial charge in [0.25, 0.3) is 0 Å². The molecule has 1 fully saturated rings. The van der Waals surface area contributed by atoms with Gasteiger partial charge in [-0.05, 0) is 56.6 Å². The van der Waals surface area contributed by atoms with E-state index in [9.17, 15) is 4.79 Å². The van der Waals surface area contributed by atoms with Crippen LogP contribution in [0.1, 0.15) is 39.0 Å². The SMILES string of the molecule is C[C@@H](N)[C@H]1CC[C@H](CC(=O)Nc2ccncc2)CC1. The Morgan fingerprint density at radius 1 is 1.37 bits per heavy atom. The van der Waals surface area contributed by atoms with Gasteiger partial charge in [-0.1, -0.05) is 0 Å². The molecule has 104 valence electrons. The molecule has 1 atom stereocenters. The summed E-state index contributed by atoms with van der Waals surface area (Å²) < 4.78 is 0. The molecule has 3 N–H and O–H groups in total. The van der Waals surface area contributed by atoms with Crippen LogP contribution in [0, 0.1) is 11.8 Å². The Kier molecular flexibility index (Phi) is 4.91. The number of pyridine rings is 1. The zero-order chi connectivity index (χ0) is 13.7. The summed E-state index contributed by atoms with van der Waals surface area (Å²) in [5.41, 5.74) is 6.75. The lowest BCUT2D eigenvalue weighted by Gasteiger charge is -2.30. The standard InChI is InChI=1S/C15H23N3O/c1-11(16)13-4-2-12(3-5-13)10-15(19)18-14-6-8-17-9-7-14/h6-9,11-13H,2-5,10,16H2,1H3,(H,17,18,19)/t11-,12-,13-/m1/s1. The number of carbonyl (C=O) groups excluding carboxylic acids is 1. The van der Waals surface area contributed by atoms with Gasteiger partial charge in [0.15, 0.2) is 0 Å². The van der Waals surface area contributed by atoms with Gasteiger partial charge in [-0.2, -0.15) is 0 Å². The molecule has 2 rings (SSSR count). The minimum atomic E-state index is 0.107. The van der Waals surface area contributed by atoms with Gasteiger partial charge in [0.05, 0.1) is 0 Å². The highest BCUT2D eigenvalue weighted by Crippen LogP contribution is 2.32.